The van der Waals surface area contributed by atoms with Gasteiger partial charge in [0, 0.05) is 57.3 Å². The van der Waals surface area contributed by atoms with E-state index < -0.39 is 0 Å². The van der Waals surface area contributed by atoms with Gasteiger partial charge >= 0.3 is 0 Å². The van der Waals surface area contributed by atoms with Gasteiger partial charge in [0.05, 0.1) is 0 Å². The van der Waals surface area contributed by atoms with Crippen LogP contribution in [-0.2, 0) is 13.1 Å². The van der Waals surface area contributed by atoms with Crippen LogP contribution in [0.3, 0.4) is 0 Å². The minimum Gasteiger partial charge on any atom is -0.361 e. The number of nitrogens with zero attached hydrogens (tertiary/aromatic N) is 1. The van der Waals surface area contributed by atoms with Crippen molar-refractivity contribution in [2.45, 2.75) is 13.1 Å². The van der Waals surface area contributed by atoms with Gasteiger partial charge in [-0.1, -0.05) is 46.3 Å². The third-order valence-electron chi connectivity index (χ3n) is 5.45. The third-order valence-corrected chi connectivity index (χ3v) is 5.94. The molecule has 4 nitrogen and oxygen atoms in total. The number of nitrogens with one attached hydrogen (secondary N) is 2. The Bertz CT molecular complexity index is 1270. The number of fused-ring (bicyclic) bond motifs is 2. The highest BCUT2D eigenvalue weighted by Gasteiger charge is 2.19. The maximum absolute atomic E-state index is 13.5. The lowest BCUT2D eigenvalue weighted by Crippen LogP contribution is -2.30. The second-order valence-corrected chi connectivity index (χ2v) is 8.30. The maximum atomic E-state index is 13.5. The van der Waals surface area contributed by atoms with E-state index in [9.17, 15) is 4.79 Å². The zero-order valence-electron chi connectivity index (χ0n) is 16.2. The van der Waals surface area contributed by atoms with Crippen LogP contribution < -0.4 is 0 Å². The minimum absolute atomic E-state index is 0.0105. The summed E-state index contributed by atoms with van der Waals surface area (Å²) in [5.74, 6) is 0.0105. The van der Waals surface area contributed by atoms with E-state index in [-0.39, 0.29) is 5.91 Å². The molecule has 0 saturated carbocycles. The van der Waals surface area contributed by atoms with Crippen molar-refractivity contribution < 1.29 is 4.79 Å². The first kappa shape index (κ1) is 18.7. The van der Waals surface area contributed by atoms with E-state index in [2.05, 4.69) is 62.3 Å². The molecule has 0 unspecified atom stereocenters. The van der Waals surface area contributed by atoms with Crippen LogP contribution in [0.5, 0.6) is 0 Å². The molecule has 148 valence electrons. The van der Waals surface area contributed by atoms with Crippen LogP contribution in [0.15, 0.2) is 89.7 Å². The predicted molar refractivity (Wildman–Crippen MR) is 124 cm³/mol. The van der Waals surface area contributed by atoms with Crippen molar-refractivity contribution in [2.24, 2.45) is 0 Å². The fourth-order valence-corrected chi connectivity index (χ4v) is 4.39. The van der Waals surface area contributed by atoms with Gasteiger partial charge in [0.25, 0.3) is 5.91 Å². The second-order valence-electron chi connectivity index (χ2n) is 7.38. The Morgan fingerprint density at radius 2 is 1.33 bits per heavy atom. The summed E-state index contributed by atoms with van der Waals surface area (Å²) < 4.78 is 0.897. The number of hydrogen-bond donors (Lipinski definition) is 2. The Morgan fingerprint density at radius 1 is 0.767 bits per heavy atom. The zero-order chi connectivity index (χ0) is 20.5. The molecule has 0 bridgehead atoms. The first-order chi connectivity index (χ1) is 14.7. The summed E-state index contributed by atoms with van der Waals surface area (Å²) >= 11 is 3.49. The van der Waals surface area contributed by atoms with E-state index in [1.54, 1.807) is 0 Å². The van der Waals surface area contributed by atoms with Crippen LogP contribution in [0.2, 0.25) is 0 Å². The summed E-state index contributed by atoms with van der Waals surface area (Å²) in [6.07, 6.45) is 3.88. The van der Waals surface area contributed by atoms with Gasteiger partial charge in [-0.05, 0) is 53.6 Å². The summed E-state index contributed by atoms with van der Waals surface area (Å²) in [6.45, 7) is 1.06. The lowest BCUT2D eigenvalue weighted by Gasteiger charge is -2.24. The molecule has 1 amide bonds. The molecule has 0 aliphatic carbocycles. The van der Waals surface area contributed by atoms with Gasteiger partial charge in [-0.25, -0.2) is 0 Å². The van der Waals surface area contributed by atoms with E-state index in [0.717, 1.165) is 37.4 Å². The molecule has 0 atom stereocenters. The molecule has 30 heavy (non-hydrogen) atoms. The van der Waals surface area contributed by atoms with E-state index in [1.807, 2.05) is 53.7 Å². The predicted octanol–water partition coefficient (Wildman–Crippen LogP) is 6.25. The molecule has 0 saturated heterocycles. The highest BCUT2D eigenvalue weighted by molar-refractivity contribution is 9.10. The Morgan fingerprint density at radius 3 is 1.90 bits per heavy atom. The SMILES string of the molecule is O=C(c1cccc(Br)c1)N(Cc1cccc2[nH]ccc12)Cc1cccc2[nH]ccc12. The fourth-order valence-electron chi connectivity index (χ4n) is 3.99. The Kier molecular flexibility index (Phi) is 4.89. The van der Waals surface area contributed by atoms with Gasteiger partial charge in [0.15, 0.2) is 0 Å². The van der Waals surface area contributed by atoms with Crippen molar-refractivity contribution >= 4 is 43.6 Å². The van der Waals surface area contributed by atoms with Crippen LogP contribution in [0.4, 0.5) is 0 Å². The smallest absolute Gasteiger partial charge is 0.254 e. The average Bonchev–Trinajstić information content (AvgIpc) is 3.43. The van der Waals surface area contributed by atoms with Crippen LogP contribution >= 0.6 is 15.9 Å². The van der Waals surface area contributed by atoms with Crippen molar-refractivity contribution in [3.63, 3.8) is 0 Å². The van der Waals surface area contributed by atoms with Gasteiger partial charge in [-0.2, -0.15) is 0 Å². The Hall–Kier alpha value is -3.31. The number of hydrogen-bond acceptors (Lipinski definition) is 1. The highest BCUT2D eigenvalue weighted by Crippen LogP contribution is 2.25. The molecule has 0 spiro atoms. The van der Waals surface area contributed by atoms with Crippen LogP contribution in [-0.4, -0.2) is 20.8 Å². The number of carbonyl (C=O) groups is 1. The van der Waals surface area contributed by atoms with E-state index >= 15 is 0 Å². The number of H-pyrrole nitrogens is 2. The number of benzene rings is 3. The molecule has 5 heteroatoms. The third kappa shape index (κ3) is 3.53. The maximum Gasteiger partial charge on any atom is 0.254 e. The summed E-state index contributed by atoms with van der Waals surface area (Å²) in [6, 6.07) is 24.1. The highest BCUT2D eigenvalue weighted by atomic mass is 79.9. The Labute approximate surface area is 182 Å². The molecule has 0 radical (unpaired) electrons. The monoisotopic (exact) mass is 457 g/mol. The molecule has 0 fully saturated rings. The van der Waals surface area contributed by atoms with Crippen LogP contribution in [0, 0.1) is 0 Å². The molecule has 0 aliphatic heterocycles. The molecule has 5 aromatic rings. The number of aromatic nitrogens is 2. The normalized spacial score (nSPS) is 11.2. The first-order valence-electron chi connectivity index (χ1n) is 9.84. The minimum atomic E-state index is 0.0105. The average molecular weight is 458 g/mol. The van der Waals surface area contributed by atoms with Gasteiger partial charge in [0.2, 0.25) is 0 Å². The summed E-state index contributed by atoms with van der Waals surface area (Å²) in [5, 5.41) is 2.29. The van der Waals surface area contributed by atoms with E-state index in [0.29, 0.717) is 18.7 Å². The zero-order valence-corrected chi connectivity index (χ0v) is 17.8. The molecule has 5 rings (SSSR count). The topological polar surface area (TPSA) is 51.9 Å². The van der Waals surface area contributed by atoms with E-state index in [1.165, 1.54) is 0 Å². The van der Waals surface area contributed by atoms with Crippen LogP contribution in [0.25, 0.3) is 21.8 Å². The largest absolute Gasteiger partial charge is 0.361 e. The summed E-state index contributed by atoms with van der Waals surface area (Å²) in [4.78, 5) is 22.0. The number of aromatic amines is 2. The molecular weight excluding hydrogens is 438 g/mol. The molecular formula is C25H20BrN3O. The summed E-state index contributed by atoms with van der Waals surface area (Å²) in [5.41, 5.74) is 5.08. The quantitative estimate of drug-likeness (QED) is 0.321. The van der Waals surface area contributed by atoms with Crippen LogP contribution in [0.1, 0.15) is 21.5 Å². The van der Waals surface area contributed by atoms with Gasteiger partial charge in [0.1, 0.15) is 0 Å². The van der Waals surface area contributed by atoms with Crippen molar-refractivity contribution in [3.8, 4) is 0 Å². The van der Waals surface area contributed by atoms with Gasteiger partial charge in [-0.3, -0.25) is 4.79 Å². The number of carbonyl (C=O) groups excluding carboxylic acids is 1. The molecule has 3 aromatic carbocycles. The second kappa shape index (κ2) is 7.84. The molecule has 2 aromatic heterocycles. The van der Waals surface area contributed by atoms with Crippen molar-refractivity contribution in [2.75, 3.05) is 0 Å². The van der Waals surface area contributed by atoms with Crippen molar-refractivity contribution in [1.82, 2.24) is 14.9 Å². The lowest BCUT2D eigenvalue weighted by atomic mass is 10.1. The number of amides is 1. The number of halogens is 1. The Balaban J connectivity index is 1.55. The lowest BCUT2D eigenvalue weighted by molar-refractivity contribution is 0.0731. The van der Waals surface area contributed by atoms with Gasteiger partial charge < -0.3 is 14.9 Å². The number of rotatable bonds is 5. The standard InChI is InChI=1S/C25H20BrN3O/c26-20-7-1-4-17(14-20)25(30)29(15-18-5-2-8-23-21(18)10-12-27-23)16-19-6-3-9-24-22(19)11-13-28-24/h1-14,27-28H,15-16H2. The van der Waals surface area contributed by atoms with Gasteiger partial charge in [-0.15, -0.1) is 0 Å². The van der Waals surface area contributed by atoms with Crippen molar-refractivity contribution in [3.05, 3.63) is 106 Å². The van der Waals surface area contributed by atoms with E-state index in [4.69, 9.17) is 0 Å². The van der Waals surface area contributed by atoms with Crippen molar-refractivity contribution in [1.29, 1.82) is 0 Å². The molecule has 2 heterocycles. The first-order valence-corrected chi connectivity index (χ1v) is 10.6. The fraction of sp³-hybridized carbons (Fsp3) is 0.0800. The molecule has 0 aliphatic rings. The summed E-state index contributed by atoms with van der Waals surface area (Å²) in [7, 11) is 0. The molecule has 2 N–H and O–H groups in total.